The number of fused-ring (bicyclic) bond motifs is 1. The Bertz CT molecular complexity index is 716. The van der Waals surface area contributed by atoms with Crippen LogP contribution in [0.25, 0.3) is 11.2 Å². The molecule has 2 heterocycles. The lowest BCUT2D eigenvalue weighted by molar-refractivity contribution is 0.340. The van der Waals surface area contributed by atoms with E-state index in [-0.39, 0.29) is 0 Å². The van der Waals surface area contributed by atoms with Crippen molar-refractivity contribution in [2.75, 3.05) is 6.61 Å². The Balaban J connectivity index is 1.83. The molecule has 1 N–H and O–H groups in total. The van der Waals surface area contributed by atoms with Gasteiger partial charge in [-0.15, -0.1) is 0 Å². The first-order valence-corrected chi connectivity index (χ1v) is 6.78. The van der Waals surface area contributed by atoms with Gasteiger partial charge in [-0.05, 0) is 43.2 Å². The number of nitrogens with zero attached hydrogens (tertiary/aromatic N) is 2. The first-order valence-electron chi connectivity index (χ1n) is 6.78. The van der Waals surface area contributed by atoms with Gasteiger partial charge < -0.3 is 9.72 Å². The van der Waals surface area contributed by atoms with Crippen molar-refractivity contribution in [1.29, 1.82) is 0 Å². The Hall–Kier alpha value is -2.36. The summed E-state index contributed by atoms with van der Waals surface area (Å²) in [7, 11) is 0. The molecular formula is C16H17N3O. The first-order chi connectivity index (χ1) is 9.76. The molecule has 2 aromatic heterocycles. The number of rotatable bonds is 4. The molecule has 3 rings (SSSR count). The Morgan fingerprint density at radius 2 is 1.95 bits per heavy atom. The van der Waals surface area contributed by atoms with E-state index in [0.717, 1.165) is 29.2 Å². The van der Waals surface area contributed by atoms with E-state index in [0.29, 0.717) is 6.61 Å². The van der Waals surface area contributed by atoms with Crippen LogP contribution in [0.3, 0.4) is 0 Å². The van der Waals surface area contributed by atoms with Crippen LogP contribution in [-0.4, -0.2) is 21.6 Å². The van der Waals surface area contributed by atoms with Crippen LogP contribution in [0.1, 0.15) is 23.9 Å². The Labute approximate surface area is 117 Å². The van der Waals surface area contributed by atoms with E-state index < -0.39 is 0 Å². The molecule has 0 aliphatic rings. The van der Waals surface area contributed by atoms with E-state index in [2.05, 4.69) is 34.0 Å². The van der Waals surface area contributed by atoms with Gasteiger partial charge in [-0.25, -0.2) is 9.97 Å². The molecule has 0 radical (unpaired) electrons. The molecule has 0 unspecified atom stereocenters. The fourth-order valence-corrected chi connectivity index (χ4v) is 2.23. The van der Waals surface area contributed by atoms with Crippen molar-refractivity contribution >= 4 is 11.2 Å². The third kappa shape index (κ3) is 2.50. The second kappa shape index (κ2) is 5.33. The van der Waals surface area contributed by atoms with Crippen LogP contribution in [-0.2, 0) is 6.42 Å². The van der Waals surface area contributed by atoms with Crippen molar-refractivity contribution in [2.24, 2.45) is 0 Å². The molecule has 0 spiro atoms. The Kier molecular flexibility index (Phi) is 3.37. The predicted molar refractivity (Wildman–Crippen MR) is 79.0 cm³/mol. The SMILES string of the molecule is CCOc1ccc(Cc2nc3nccc(C)c3[nH]2)cc1. The third-order valence-electron chi connectivity index (χ3n) is 3.26. The molecule has 0 aliphatic carbocycles. The van der Waals surface area contributed by atoms with E-state index in [1.54, 1.807) is 6.20 Å². The number of aromatic nitrogens is 3. The number of H-pyrrole nitrogens is 1. The summed E-state index contributed by atoms with van der Waals surface area (Å²) in [4.78, 5) is 12.2. The van der Waals surface area contributed by atoms with Crippen LogP contribution in [0.2, 0.25) is 0 Å². The lowest BCUT2D eigenvalue weighted by Crippen LogP contribution is -1.93. The average Bonchev–Trinajstić information content (AvgIpc) is 2.85. The monoisotopic (exact) mass is 267 g/mol. The van der Waals surface area contributed by atoms with E-state index in [1.165, 1.54) is 11.1 Å². The van der Waals surface area contributed by atoms with E-state index in [9.17, 15) is 0 Å². The van der Waals surface area contributed by atoms with Gasteiger partial charge in [-0.2, -0.15) is 0 Å². The van der Waals surface area contributed by atoms with Crippen LogP contribution in [0.4, 0.5) is 0 Å². The standard InChI is InChI=1S/C16H17N3O/c1-3-20-13-6-4-12(5-7-13)10-14-18-15-11(2)8-9-17-16(15)19-14/h4-9H,3,10H2,1-2H3,(H,17,18,19). The zero-order chi connectivity index (χ0) is 13.9. The molecule has 0 amide bonds. The van der Waals surface area contributed by atoms with Gasteiger partial charge in [0.1, 0.15) is 11.6 Å². The maximum absolute atomic E-state index is 5.44. The molecule has 4 heteroatoms. The maximum Gasteiger partial charge on any atom is 0.177 e. The van der Waals surface area contributed by atoms with Gasteiger partial charge in [0.05, 0.1) is 12.1 Å². The summed E-state index contributed by atoms with van der Waals surface area (Å²) in [5, 5.41) is 0. The molecule has 0 saturated carbocycles. The number of imidazole rings is 1. The number of ether oxygens (including phenoxy) is 1. The normalized spacial score (nSPS) is 10.9. The zero-order valence-electron chi connectivity index (χ0n) is 11.7. The summed E-state index contributed by atoms with van der Waals surface area (Å²) >= 11 is 0. The number of nitrogens with one attached hydrogen (secondary N) is 1. The molecule has 0 fully saturated rings. The molecule has 1 aromatic carbocycles. The van der Waals surface area contributed by atoms with Crippen molar-refractivity contribution < 1.29 is 4.74 Å². The minimum Gasteiger partial charge on any atom is -0.494 e. The minimum absolute atomic E-state index is 0.688. The van der Waals surface area contributed by atoms with Gasteiger partial charge in [-0.3, -0.25) is 0 Å². The van der Waals surface area contributed by atoms with E-state index in [4.69, 9.17) is 4.74 Å². The van der Waals surface area contributed by atoms with Gasteiger partial charge >= 0.3 is 0 Å². The van der Waals surface area contributed by atoms with Crippen molar-refractivity contribution in [3.05, 3.63) is 53.5 Å². The van der Waals surface area contributed by atoms with Crippen molar-refractivity contribution in [3.63, 3.8) is 0 Å². The predicted octanol–water partition coefficient (Wildman–Crippen LogP) is 3.26. The van der Waals surface area contributed by atoms with Crippen molar-refractivity contribution in [2.45, 2.75) is 20.3 Å². The summed E-state index contributed by atoms with van der Waals surface area (Å²) < 4.78 is 5.44. The highest BCUT2D eigenvalue weighted by molar-refractivity contribution is 5.74. The van der Waals surface area contributed by atoms with Crippen molar-refractivity contribution in [1.82, 2.24) is 15.0 Å². The molecule has 20 heavy (non-hydrogen) atoms. The molecule has 0 bridgehead atoms. The average molecular weight is 267 g/mol. The first kappa shape index (κ1) is 12.7. The molecule has 0 aliphatic heterocycles. The van der Waals surface area contributed by atoms with Gasteiger partial charge in [0.2, 0.25) is 0 Å². The summed E-state index contributed by atoms with van der Waals surface area (Å²) in [6.45, 7) is 4.73. The number of hydrogen-bond donors (Lipinski definition) is 1. The summed E-state index contributed by atoms with van der Waals surface area (Å²) in [5.74, 6) is 1.84. The third-order valence-corrected chi connectivity index (χ3v) is 3.26. The highest BCUT2D eigenvalue weighted by Crippen LogP contribution is 2.17. The number of benzene rings is 1. The second-order valence-corrected chi connectivity index (χ2v) is 4.76. The van der Waals surface area contributed by atoms with Crippen LogP contribution in [0.15, 0.2) is 36.5 Å². The molecule has 0 atom stereocenters. The smallest absolute Gasteiger partial charge is 0.177 e. The van der Waals surface area contributed by atoms with Crippen LogP contribution in [0.5, 0.6) is 5.75 Å². The lowest BCUT2D eigenvalue weighted by Gasteiger charge is -2.03. The zero-order valence-corrected chi connectivity index (χ0v) is 11.7. The molecule has 4 nitrogen and oxygen atoms in total. The Morgan fingerprint density at radius 1 is 1.15 bits per heavy atom. The van der Waals surface area contributed by atoms with E-state index in [1.807, 2.05) is 25.1 Å². The van der Waals surface area contributed by atoms with Crippen LogP contribution >= 0.6 is 0 Å². The van der Waals surface area contributed by atoms with Gasteiger partial charge in [0.25, 0.3) is 0 Å². The molecule has 0 saturated heterocycles. The fourth-order valence-electron chi connectivity index (χ4n) is 2.23. The topological polar surface area (TPSA) is 50.8 Å². The molecule has 102 valence electrons. The quantitative estimate of drug-likeness (QED) is 0.789. The fraction of sp³-hybridized carbons (Fsp3) is 0.250. The number of pyridine rings is 1. The molecule has 3 aromatic rings. The minimum atomic E-state index is 0.688. The highest BCUT2D eigenvalue weighted by atomic mass is 16.5. The summed E-state index contributed by atoms with van der Waals surface area (Å²) in [5.41, 5.74) is 4.17. The van der Waals surface area contributed by atoms with E-state index >= 15 is 0 Å². The van der Waals surface area contributed by atoms with Crippen LogP contribution < -0.4 is 4.74 Å². The van der Waals surface area contributed by atoms with Crippen molar-refractivity contribution in [3.8, 4) is 5.75 Å². The summed E-state index contributed by atoms with van der Waals surface area (Å²) in [6.07, 6.45) is 2.56. The van der Waals surface area contributed by atoms with Gasteiger partial charge in [0.15, 0.2) is 5.65 Å². The van der Waals surface area contributed by atoms with Gasteiger partial charge in [-0.1, -0.05) is 12.1 Å². The second-order valence-electron chi connectivity index (χ2n) is 4.76. The highest BCUT2D eigenvalue weighted by Gasteiger charge is 2.06. The van der Waals surface area contributed by atoms with Crippen LogP contribution in [0, 0.1) is 6.92 Å². The summed E-state index contributed by atoms with van der Waals surface area (Å²) in [6, 6.07) is 10.1. The number of hydrogen-bond acceptors (Lipinski definition) is 3. The Morgan fingerprint density at radius 3 is 2.65 bits per heavy atom. The number of aryl methyl sites for hydroxylation is 1. The lowest BCUT2D eigenvalue weighted by atomic mass is 10.1. The number of aromatic amines is 1. The maximum atomic E-state index is 5.44. The van der Waals surface area contributed by atoms with Gasteiger partial charge in [0, 0.05) is 12.6 Å². The largest absolute Gasteiger partial charge is 0.494 e. The molecular weight excluding hydrogens is 250 g/mol.